The van der Waals surface area contributed by atoms with Crippen LogP contribution in [-0.2, 0) is 47.6 Å². The van der Waals surface area contributed by atoms with Crippen LogP contribution in [-0.4, -0.2) is 109 Å². The highest BCUT2D eigenvalue weighted by atomic mass is 32.1. The molecule has 2 heterocycles. The van der Waals surface area contributed by atoms with Crippen LogP contribution in [0.1, 0.15) is 265 Å². The fourth-order valence-corrected chi connectivity index (χ4v) is 9.78. The van der Waals surface area contributed by atoms with Crippen LogP contribution in [0.15, 0.2) is 6.08 Å². The van der Waals surface area contributed by atoms with Crippen LogP contribution in [0.2, 0.25) is 0 Å². The number of rotatable bonds is 49. The summed E-state index contributed by atoms with van der Waals surface area (Å²) in [7, 11) is 2.01. The number of carbonyl (C=O) groups excluding carboxylic acids is 5. The topological polar surface area (TPSA) is 176 Å². The van der Waals surface area contributed by atoms with E-state index < -0.39 is 41.6 Å². The predicted molar refractivity (Wildman–Crippen MR) is 302 cm³/mol. The standard InChI is InChI=1S/C60H106N3O12S/c1-7-10-13-16-18-20-22-24-26-28-30-32-34-39-53(64)71-47-52(48-72-54(65)40-35-33-31-29-27-25-23-21-19-17-14-11-8-2)75-55(66)41-44-69-56(67)45-60(4,5)49-73-59(68)74-50-63(6)42-37-38-51(46-63)57-58(62-76-61-57)70-43-36-15-12-9-3/h38,52H,7-37,39-50H2,1-6H3/q+1. The van der Waals surface area contributed by atoms with Crippen LogP contribution in [0.3, 0.4) is 0 Å². The van der Waals surface area contributed by atoms with Gasteiger partial charge in [-0.2, -0.15) is 4.37 Å². The molecule has 438 valence electrons. The highest BCUT2D eigenvalue weighted by molar-refractivity contribution is 6.99. The monoisotopic (exact) mass is 1090 g/mol. The van der Waals surface area contributed by atoms with Crippen LogP contribution in [0.4, 0.5) is 4.79 Å². The molecule has 16 heteroatoms. The molecule has 0 aromatic carbocycles. The molecule has 0 fully saturated rings. The third kappa shape index (κ3) is 36.3. The van der Waals surface area contributed by atoms with Crippen molar-refractivity contribution in [3.8, 4) is 5.88 Å². The molecule has 1 atom stereocenters. The van der Waals surface area contributed by atoms with Gasteiger partial charge >= 0.3 is 30.0 Å². The highest BCUT2D eigenvalue weighted by Gasteiger charge is 2.32. The van der Waals surface area contributed by atoms with Crippen molar-refractivity contribution in [1.82, 2.24) is 8.75 Å². The number of hydrogen-bond donors (Lipinski definition) is 0. The summed E-state index contributed by atoms with van der Waals surface area (Å²) in [5, 5.41) is 0. The second-order valence-corrected chi connectivity index (χ2v) is 23.0. The molecule has 15 nitrogen and oxygen atoms in total. The fraction of sp³-hybridized carbons (Fsp3) is 0.850. The van der Waals surface area contributed by atoms with E-state index in [1.54, 1.807) is 13.8 Å². The first-order chi connectivity index (χ1) is 36.8. The maximum atomic E-state index is 13.0. The van der Waals surface area contributed by atoms with Crippen LogP contribution in [0, 0.1) is 5.41 Å². The van der Waals surface area contributed by atoms with Crippen molar-refractivity contribution in [2.75, 3.05) is 59.9 Å². The minimum Gasteiger partial charge on any atom is -0.475 e. The van der Waals surface area contributed by atoms with Crippen LogP contribution >= 0.6 is 11.7 Å². The Bertz CT molecular complexity index is 1680. The number of hydrogen-bond acceptors (Lipinski definition) is 15. The van der Waals surface area contributed by atoms with Gasteiger partial charge in [-0.1, -0.05) is 214 Å². The molecular weight excluding hydrogens is 987 g/mol. The number of carbonyl (C=O) groups is 5. The molecular formula is C60H106N3O12S+. The van der Waals surface area contributed by atoms with E-state index in [0.29, 0.717) is 23.5 Å². The van der Waals surface area contributed by atoms with Gasteiger partial charge in [-0.05, 0) is 19.3 Å². The molecule has 76 heavy (non-hydrogen) atoms. The summed E-state index contributed by atoms with van der Waals surface area (Å²) >= 11 is 1.12. The zero-order chi connectivity index (χ0) is 55.4. The number of ether oxygens (including phenoxy) is 7. The van der Waals surface area contributed by atoms with Gasteiger partial charge in [-0.3, -0.25) is 23.7 Å². The maximum absolute atomic E-state index is 13.0. The van der Waals surface area contributed by atoms with Crippen molar-refractivity contribution >= 4 is 47.3 Å². The lowest BCUT2D eigenvalue weighted by molar-refractivity contribution is -0.919. The third-order valence-corrected chi connectivity index (χ3v) is 14.5. The van der Waals surface area contributed by atoms with Gasteiger partial charge in [0, 0.05) is 30.3 Å². The van der Waals surface area contributed by atoms with Crippen LogP contribution in [0.25, 0.3) is 5.57 Å². The first-order valence-electron chi connectivity index (χ1n) is 30.2. The molecule has 0 saturated heterocycles. The van der Waals surface area contributed by atoms with E-state index in [0.717, 1.165) is 107 Å². The second kappa shape index (κ2) is 44.1. The lowest BCUT2D eigenvalue weighted by Crippen LogP contribution is -2.49. The Hall–Kier alpha value is -3.79. The molecule has 1 unspecified atom stereocenters. The summed E-state index contributed by atoms with van der Waals surface area (Å²) in [5.41, 5.74) is 0.949. The Labute approximate surface area is 464 Å². The summed E-state index contributed by atoms with van der Waals surface area (Å²) < 4.78 is 48.3. The molecule has 1 aromatic heterocycles. The zero-order valence-electron chi connectivity index (χ0n) is 48.7. The summed E-state index contributed by atoms with van der Waals surface area (Å²) in [5.74, 6) is -1.50. The van der Waals surface area contributed by atoms with Gasteiger partial charge < -0.3 is 33.2 Å². The SMILES string of the molecule is CCCCCCCCCCCCCCCC(=O)OCC(COC(=O)CCCCCCCCCCCCCCC)OC(=O)CCOC(=O)CC(C)(C)COC(=O)OC[N+]1(C)CCC=C(c2nsnc2OCCCCCC)C1. The molecule has 0 bridgehead atoms. The number of unbranched alkanes of at least 4 members (excludes halogenated alkanes) is 27. The molecule has 1 aliphatic rings. The summed E-state index contributed by atoms with van der Waals surface area (Å²) in [6, 6.07) is 0. The Morgan fingerprint density at radius 3 is 1.53 bits per heavy atom. The number of nitrogens with zero attached hydrogens (tertiary/aromatic N) is 3. The molecule has 0 N–H and O–H groups in total. The smallest absolute Gasteiger partial charge is 0.475 e. The first kappa shape index (κ1) is 68.3. The molecule has 0 spiro atoms. The van der Waals surface area contributed by atoms with E-state index >= 15 is 0 Å². The van der Waals surface area contributed by atoms with Crippen molar-refractivity contribution < 1.29 is 61.6 Å². The molecule has 1 aromatic rings. The van der Waals surface area contributed by atoms with Crippen LogP contribution < -0.4 is 4.74 Å². The van der Waals surface area contributed by atoms with E-state index in [9.17, 15) is 24.0 Å². The summed E-state index contributed by atoms with van der Waals surface area (Å²) in [4.78, 5) is 64.0. The second-order valence-electron chi connectivity index (χ2n) is 22.4. The molecule has 0 radical (unpaired) electrons. The van der Waals surface area contributed by atoms with Gasteiger partial charge in [-0.15, -0.1) is 4.37 Å². The lowest BCUT2D eigenvalue weighted by Gasteiger charge is -2.36. The number of esters is 4. The van der Waals surface area contributed by atoms with Gasteiger partial charge in [0.25, 0.3) is 5.88 Å². The minimum atomic E-state index is -1.00. The maximum Gasteiger partial charge on any atom is 0.512 e. The van der Waals surface area contributed by atoms with Crippen molar-refractivity contribution in [2.24, 2.45) is 5.41 Å². The van der Waals surface area contributed by atoms with E-state index in [1.165, 1.54) is 122 Å². The van der Waals surface area contributed by atoms with Crippen molar-refractivity contribution in [2.45, 2.75) is 265 Å². The van der Waals surface area contributed by atoms with Gasteiger partial charge in [0.2, 0.25) is 6.73 Å². The number of aromatic nitrogens is 2. The Kier molecular flexibility index (Phi) is 39.6. The summed E-state index contributed by atoms with van der Waals surface area (Å²) in [6.45, 7) is 11.4. The highest BCUT2D eigenvalue weighted by Crippen LogP contribution is 2.30. The fourth-order valence-electron chi connectivity index (χ4n) is 9.25. The van der Waals surface area contributed by atoms with E-state index in [-0.39, 0.29) is 58.8 Å². The largest absolute Gasteiger partial charge is 0.512 e. The Morgan fingerprint density at radius 1 is 0.553 bits per heavy atom. The number of likely N-dealkylation sites (N-methyl/N-ethyl adjacent to an activating group) is 1. The van der Waals surface area contributed by atoms with E-state index in [4.69, 9.17) is 33.2 Å². The third-order valence-electron chi connectivity index (χ3n) is 14.0. The Morgan fingerprint density at radius 2 is 1.03 bits per heavy atom. The average molecular weight is 1090 g/mol. The van der Waals surface area contributed by atoms with Crippen molar-refractivity contribution in [1.29, 1.82) is 0 Å². The molecule has 0 aliphatic carbocycles. The zero-order valence-corrected chi connectivity index (χ0v) is 49.5. The van der Waals surface area contributed by atoms with Gasteiger partial charge in [-0.25, -0.2) is 4.79 Å². The van der Waals surface area contributed by atoms with E-state index in [2.05, 4.69) is 35.6 Å². The molecule has 1 aliphatic heterocycles. The lowest BCUT2D eigenvalue weighted by atomic mass is 9.91. The minimum absolute atomic E-state index is 0.0876. The van der Waals surface area contributed by atoms with Gasteiger partial charge in [0.15, 0.2) is 6.10 Å². The summed E-state index contributed by atoms with van der Waals surface area (Å²) in [6.07, 6.45) is 37.0. The van der Waals surface area contributed by atoms with Crippen molar-refractivity contribution in [3.63, 3.8) is 0 Å². The molecule has 0 saturated carbocycles. The first-order valence-corrected chi connectivity index (χ1v) is 31.0. The van der Waals surface area contributed by atoms with Gasteiger partial charge in [0.1, 0.15) is 38.7 Å². The van der Waals surface area contributed by atoms with Gasteiger partial charge in [0.05, 0.1) is 44.8 Å². The quantitative estimate of drug-likeness (QED) is 0.0261. The number of quaternary nitrogens is 1. The molecule has 0 amide bonds. The van der Waals surface area contributed by atoms with Crippen molar-refractivity contribution in [3.05, 3.63) is 11.8 Å². The molecule has 2 rings (SSSR count). The predicted octanol–water partition coefficient (Wildman–Crippen LogP) is 15.2. The Balaban J connectivity index is 1.74. The average Bonchev–Trinajstić information content (AvgIpc) is 3.87. The van der Waals surface area contributed by atoms with Crippen LogP contribution in [0.5, 0.6) is 5.88 Å². The van der Waals surface area contributed by atoms with E-state index in [1.807, 2.05) is 7.05 Å². The normalized spacial score (nSPS) is 14.5.